The van der Waals surface area contributed by atoms with Gasteiger partial charge in [0.25, 0.3) is 5.91 Å². The third-order valence-corrected chi connectivity index (χ3v) is 4.87. The van der Waals surface area contributed by atoms with Crippen molar-refractivity contribution in [2.45, 2.75) is 38.3 Å². The third kappa shape index (κ3) is 2.89. The number of halogens is 1. The van der Waals surface area contributed by atoms with E-state index in [-0.39, 0.29) is 18.0 Å². The Hall–Kier alpha value is -0.390. The molecule has 0 aliphatic carbocycles. The number of rotatable bonds is 2. The predicted molar refractivity (Wildman–Crippen MR) is 74.3 cm³/mol. The minimum atomic E-state index is 0.0441. The molecule has 0 bridgehead atoms. The van der Waals surface area contributed by atoms with E-state index < -0.39 is 0 Å². The van der Waals surface area contributed by atoms with E-state index in [2.05, 4.69) is 15.9 Å². The van der Waals surface area contributed by atoms with Crippen molar-refractivity contribution in [1.29, 1.82) is 0 Å². The zero-order valence-corrected chi connectivity index (χ0v) is 12.3. The summed E-state index contributed by atoms with van der Waals surface area (Å²) in [5.41, 5.74) is 5.98. The van der Waals surface area contributed by atoms with Crippen LogP contribution in [-0.4, -0.2) is 29.4 Å². The number of carbonyl (C=O) groups is 1. The second-order valence-corrected chi connectivity index (χ2v) is 6.38. The summed E-state index contributed by atoms with van der Waals surface area (Å²) in [5, 5.41) is 1.94. The Morgan fingerprint density at radius 2 is 2.41 bits per heavy atom. The van der Waals surface area contributed by atoms with Crippen molar-refractivity contribution in [3.63, 3.8) is 0 Å². The van der Waals surface area contributed by atoms with E-state index in [4.69, 9.17) is 5.73 Å². The Balaban J connectivity index is 2.16. The fourth-order valence-corrected chi connectivity index (χ4v) is 3.70. The summed E-state index contributed by atoms with van der Waals surface area (Å²) in [6.45, 7) is 2.82. The Kier molecular flexibility index (Phi) is 4.22. The number of likely N-dealkylation sites (tertiary alicyclic amines) is 1. The van der Waals surface area contributed by atoms with E-state index in [1.165, 1.54) is 17.8 Å². The van der Waals surface area contributed by atoms with E-state index >= 15 is 0 Å². The van der Waals surface area contributed by atoms with Gasteiger partial charge in [0.05, 0.1) is 4.88 Å². The highest BCUT2D eigenvalue weighted by atomic mass is 79.9. The molecule has 0 unspecified atom stereocenters. The van der Waals surface area contributed by atoms with Crippen molar-refractivity contribution in [3.8, 4) is 0 Å². The summed E-state index contributed by atoms with van der Waals surface area (Å²) in [4.78, 5) is 15.1. The van der Waals surface area contributed by atoms with Gasteiger partial charge in [-0.2, -0.15) is 0 Å². The molecule has 0 aromatic carbocycles. The molecule has 2 heterocycles. The molecule has 2 N–H and O–H groups in total. The molecule has 5 heteroatoms. The summed E-state index contributed by atoms with van der Waals surface area (Å²) in [6, 6.07) is 2.12. The van der Waals surface area contributed by atoms with E-state index in [0.717, 1.165) is 28.7 Å². The van der Waals surface area contributed by atoms with Gasteiger partial charge in [-0.05, 0) is 48.2 Å². The molecule has 1 aliphatic heterocycles. The van der Waals surface area contributed by atoms with Gasteiger partial charge >= 0.3 is 0 Å². The van der Waals surface area contributed by atoms with Gasteiger partial charge in [0.2, 0.25) is 0 Å². The highest BCUT2D eigenvalue weighted by Gasteiger charge is 2.30. The topological polar surface area (TPSA) is 46.3 Å². The number of nitrogens with two attached hydrogens (primary N) is 1. The molecule has 94 valence electrons. The molecule has 1 aromatic heterocycles. The number of nitrogens with zero attached hydrogens (tertiary/aromatic N) is 1. The van der Waals surface area contributed by atoms with E-state index in [1.54, 1.807) is 0 Å². The molecule has 1 fully saturated rings. The zero-order valence-electron chi connectivity index (χ0n) is 9.86. The van der Waals surface area contributed by atoms with Crippen LogP contribution in [0.15, 0.2) is 15.9 Å². The number of carbonyl (C=O) groups excluding carboxylic acids is 1. The molecular weight excluding hydrogens is 300 g/mol. The number of hydrogen-bond acceptors (Lipinski definition) is 3. The Morgan fingerprint density at radius 1 is 1.65 bits per heavy atom. The molecule has 1 amide bonds. The molecule has 0 spiro atoms. The predicted octanol–water partition coefficient (Wildman–Crippen LogP) is 2.85. The van der Waals surface area contributed by atoms with Gasteiger partial charge < -0.3 is 10.6 Å². The van der Waals surface area contributed by atoms with Crippen LogP contribution in [0.2, 0.25) is 0 Å². The maximum atomic E-state index is 12.4. The average Bonchev–Trinajstić information content (AvgIpc) is 2.75. The molecule has 17 heavy (non-hydrogen) atoms. The van der Waals surface area contributed by atoms with Crippen molar-refractivity contribution in [3.05, 3.63) is 20.8 Å². The van der Waals surface area contributed by atoms with Gasteiger partial charge in [-0.1, -0.05) is 0 Å². The maximum absolute atomic E-state index is 12.4. The van der Waals surface area contributed by atoms with Crippen molar-refractivity contribution in [1.82, 2.24) is 4.90 Å². The van der Waals surface area contributed by atoms with Crippen molar-refractivity contribution in [2.24, 2.45) is 5.73 Å². The zero-order chi connectivity index (χ0) is 12.4. The number of amides is 1. The molecule has 3 nitrogen and oxygen atoms in total. The van der Waals surface area contributed by atoms with Crippen LogP contribution in [0, 0.1) is 0 Å². The summed E-state index contributed by atoms with van der Waals surface area (Å²) in [7, 11) is 0. The first-order valence-corrected chi connectivity index (χ1v) is 7.57. The lowest BCUT2D eigenvalue weighted by Gasteiger charge is -2.37. The van der Waals surface area contributed by atoms with Gasteiger partial charge in [0, 0.05) is 28.5 Å². The Bertz CT molecular complexity index is 405. The van der Waals surface area contributed by atoms with Gasteiger partial charge in [-0.15, -0.1) is 11.3 Å². The van der Waals surface area contributed by atoms with Gasteiger partial charge in [0.15, 0.2) is 0 Å². The smallest absolute Gasteiger partial charge is 0.264 e. The molecule has 1 aromatic rings. The SMILES string of the molecule is C[C@@H](N)[C@@H]1CCCCN1C(=O)c1cc(Br)cs1. The number of piperidine rings is 1. The molecule has 0 radical (unpaired) electrons. The van der Waals surface area contributed by atoms with Crippen molar-refractivity contribution < 1.29 is 4.79 Å². The molecule has 0 saturated carbocycles. The molecular formula is C12H17BrN2OS. The van der Waals surface area contributed by atoms with Crippen molar-refractivity contribution >= 4 is 33.2 Å². The molecule has 1 aliphatic rings. The van der Waals surface area contributed by atoms with Crippen molar-refractivity contribution in [2.75, 3.05) is 6.54 Å². The minimum Gasteiger partial charge on any atom is -0.333 e. The fourth-order valence-electron chi connectivity index (χ4n) is 2.32. The van der Waals surface area contributed by atoms with Crippen LogP contribution >= 0.6 is 27.3 Å². The first kappa shape index (κ1) is 13.1. The molecule has 1 saturated heterocycles. The quantitative estimate of drug-likeness (QED) is 0.912. The summed E-state index contributed by atoms with van der Waals surface area (Å²) < 4.78 is 0.972. The van der Waals surface area contributed by atoms with Gasteiger partial charge in [-0.25, -0.2) is 0 Å². The first-order valence-electron chi connectivity index (χ1n) is 5.90. The second kappa shape index (κ2) is 5.50. The molecule has 2 atom stereocenters. The fraction of sp³-hybridized carbons (Fsp3) is 0.583. The number of thiophene rings is 1. The van der Waals surface area contributed by atoms with E-state index in [1.807, 2.05) is 23.3 Å². The van der Waals surface area contributed by atoms with Crippen LogP contribution in [0.5, 0.6) is 0 Å². The highest BCUT2D eigenvalue weighted by Crippen LogP contribution is 2.25. The third-order valence-electron chi connectivity index (χ3n) is 3.20. The second-order valence-electron chi connectivity index (χ2n) is 4.55. The minimum absolute atomic E-state index is 0.0441. The van der Waals surface area contributed by atoms with Crippen LogP contribution in [-0.2, 0) is 0 Å². The summed E-state index contributed by atoms with van der Waals surface area (Å²) >= 11 is 4.87. The van der Waals surface area contributed by atoms with Crippen LogP contribution in [0.1, 0.15) is 35.9 Å². The lowest BCUT2D eigenvalue weighted by molar-refractivity contribution is 0.0589. The summed E-state index contributed by atoms with van der Waals surface area (Å²) in [5.74, 6) is 0.128. The monoisotopic (exact) mass is 316 g/mol. The maximum Gasteiger partial charge on any atom is 0.264 e. The Labute approximate surface area is 114 Å². The van der Waals surface area contributed by atoms with Crippen LogP contribution < -0.4 is 5.73 Å². The first-order chi connectivity index (χ1) is 8.09. The lowest BCUT2D eigenvalue weighted by Crippen LogP contribution is -2.51. The Morgan fingerprint density at radius 3 is 3.00 bits per heavy atom. The van der Waals surface area contributed by atoms with Gasteiger partial charge in [-0.3, -0.25) is 4.79 Å². The van der Waals surface area contributed by atoms with Gasteiger partial charge in [0.1, 0.15) is 0 Å². The average molecular weight is 317 g/mol. The van der Waals surface area contributed by atoms with Crippen LogP contribution in [0.3, 0.4) is 0 Å². The molecule has 2 rings (SSSR count). The van der Waals surface area contributed by atoms with Crippen LogP contribution in [0.4, 0.5) is 0 Å². The van der Waals surface area contributed by atoms with E-state index in [0.29, 0.717) is 0 Å². The van der Waals surface area contributed by atoms with Crippen LogP contribution in [0.25, 0.3) is 0 Å². The number of hydrogen-bond donors (Lipinski definition) is 1. The highest BCUT2D eigenvalue weighted by molar-refractivity contribution is 9.10. The normalized spacial score (nSPS) is 22.5. The largest absolute Gasteiger partial charge is 0.333 e. The lowest BCUT2D eigenvalue weighted by atomic mass is 9.97. The standard InChI is InChI=1S/C12H17BrN2OS/c1-8(14)10-4-2-3-5-15(10)12(16)11-6-9(13)7-17-11/h6-8,10H,2-5,14H2,1H3/t8-,10+/m1/s1. The van der Waals surface area contributed by atoms with E-state index in [9.17, 15) is 4.79 Å². The summed E-state index contributed by atoms with van der Waals surface area (Å²) in [6.07, 6.45) is 3.28.